The number of hydrogen-bond acceptors (Lipinski definition) is 3. The third kappa shape index (κ3) is 4.85. The minimum absolute atomic E-state index is 0.133. The molecule has 0 aliphatic carbocycles. The third-order valence-electron chi connectivity index (χ3n) is 3.49. The molecular formula is C18H20N2O3. The van der Waals surface area contributed by atoms with E-state index in [1.807, 2.05) is 37.3 Å². The Bertz CT molecular complexity index is 654. The molecule has 2 aromatic carbocycles. The summed E-state index contributed by atoms with van der Waals surface area (Å²) >= 11 is 0. The number of carbonyl (C=O) groups is 2. The van der Waals surface area contributed by atoms with Crippen LogP contribution in [0, 0.1) is 0 Å². The largest absolute Gasteiger partial charge is 0.497 e. The van der Waals surface area contributed by atoms with Crippen LogP contribution in [0.5, 0.6) is 5.75 Å². The van der Waals surface area contributed by atoms with Crippen molar-refractivity contribution in [2.45, 2.75) is 12.8 Å². The first-order valence-electron chi connectivity index (χ1n) is 7.38. The molecule has 0 unspecified atom stereocenters. The van der Waals surface area contributed by atoms with Gasteiger partial charge in [-0.1, -0.05) is 37.3 Å². The van der Waals surface area contributed by atoms with Gasteiger partial charge >= 0.3 is 11.8 Å². The molecule has 2 amide bonds. The summed E-state index contributed by atoms with van der Waals surface area (Å²) in [5, 5.41) is 5.20. The van der Waals surface area contributed by atoms with Gasteiger partial charge in [-0.2, -0.15) is 0 Å². The van der Waals surface area contributed by atoms with E-state index in [1.165, 1.54) is 0 Å². The van der Waals surface area contributed by atoms with E-state index in [-0.39, 0.29) is 5.92 Å². The number of methoxy groups -OCH3 is 1. The third-order valence-corrected chi connectivity index (χ3v) is 3.49. The van der Waals surface area contributed by atoms with E-state index in [4.69, 9.17) is 4.74 Å². The van der Waals surface area contributed by atoms with Crippen LogP contribution in [0.3, 0.4) is 0 Å². The lowest BCUT2D eigenvalue weighted by Crippen LogP contribution is -2.37. The summed E-state index contributed by atoms with van der Waals surface area (Å²) in [4.78, 5) is 23.7. The van der Waals surface area contributed by atoms with E-state index < -0.39 is 11.8 Å². The van der Waals surface area contributed by atoms with Gasteiger partial charge in [-0.05, 0) is 35.7 Å². The molecule has 2 aromatic rings. The molecule has 5 heteroatoms. The zero-order chi connectivity index (χ0) is 16.7. The highest BCUT2D eigenvalue weighted by atomic mass is 16.5. The molecule has 120 valence electrons. The lowest BCUT2D eigenvalue weighted by atomic mass is 10.0. The minimum atomic E-state index is -0.685. The number of anilines is 1. The summed E-state index contributed by atoms with van der Waals surface area (Å²) in [5.41, 5.74) is 1.66. The van der Waals surface area contributed by atoms with Crippen LogP contribution >= 0.6 is 0 Å². The van der Waals surface area contributed by atoms with Crippen molar-refractivity contribution in [1.82, 2.24) is 5.32 Å². The number of amides is 2. The van der Waals surface area contributed by atoms with Crippen LogP contribution in [-0.4, -0.2) is 25.5 Å². The van der Waals surface area contributed by atoms with Crippen LogP contribution in [-0.2, 0) is 9.59 Å². The van der Waals surface area contributed by atoms with Crippen molar-refractivity contribution in [3.63, 3.8) is 0 Å². The van der Waals surface area contributed by atoms with Crippen LogP contribution in [0.15, 0.2) is 54.6 Å². The molecule has 0 fully saturated rings. The van der Waals surface area contributed by atoms with Crippen LogP contribution in [0.4, 0.5) is 5.69 Å². The summed E-state index contributed by atoms with van der Waals surface area (Å²) in [5.74, 6) is -0.517. The Balaban J connectivity index is 1.83. The first-order chi connectivity index (χ1) is 11.1. The van der Waals surface area contributed by atoms with Gasteiger partial charge in [-0.25, -0.2) is 0 Å². The standard InChI is InChI=1S/C18H20N2O3/c1-13(14-6-4-3-5-7-14)12-19-17(21)18(22)20-15-8-10-16(23-2)11-9-15/h3-11,13H,12H2,1-2H3,(H,19,21)(H,20,22)/t13-/m0/s1. The number of hydrogen-bond donors (Lipinski definition) is 2. The highest BCUT2D eigenvalue weighted by Crippen LogP contribution is 2.15. The number of benzene rings is 2. The normalized spacial score (nSPS) is 11.4. The highest BCUT2D eigenvalue weighted by Gasteiger charge is 2.15. The van der Waals surface area contributed by atoms with Gasteiger partial charge in [0.15, 0.2) is 0 Å². The summed E-state index contributed by atoms with van der Waals surface area (Å²) in [6.45, 7) is 2.40. The summed E-state index contributed by atoms with van der Waals surface area (Å²) in [6, 6.07) is 16.6. The second-order valence-electron chi connectivity index (χ2n) is 5.20. The average molecular weight is 312 g/mol. The molecule has 0 aliphatic rings. The highest BCUT2D eigenvalue weighted by molar-refractivity contribution is 6.39. The quantitative estimate of drug-likeness (QED) is 0.834. The molecule has 0 aromatic heterocycles. The van der Waals surface area contributed by atoms with Crippen LogP contribution in [0.1, 0.15) is 18.4 Å². The average Bonchev–Trinajstić information content (AvgIpc) is 2.60. The molecule has 0 spiro atoms. The van der Waals surface area contributed by atoms with Gasteiger partial charge in [0.05, 0.1) is 7.11 Å². The molecular weight excluding hydrogens is 292 g/mol. The fraction of sp³-hybridized carbons (Fsp3) is 0.222. The van der Waals surface area contributed by atoms with Gasteiger partial charge in [-0.15, -0.1) is 0 Å². The summed E-state index contributed by atoms with van der Waals surface area (Å²) in [6.07, 6.45) is 0. The smallest absolute Gasteiger partial charge is 0.313 e. The van der Waals surface area contributed by atoms with E-state index in [9.17, 15) is 9.59 Å². The van der Waals surface area contributed by atoms with Crippen molar-refractivity contribution >= 4 is 17.5 Å². The molecule has 23 heavy (non-hydrogen) atoms. The molecule has 0 heterocycles. The Morgan fingerprint density at radius 2 is 1.65 bits per heavy atom. The molecule has 0 aliphatic heterocycles. The van der Waals surface area contributed by atoms with E-state index in [0.29, 0.717) is 18.0 Å². The van der Waals surface area contributed by atoms with E-state index in [1.54, 1.807) is 31.4 Å². The molecule has 0 saturated heterocycles. The minimum Gasteiger partial charge on any atom is -0.497 e. The first kappa shape index (κ1) is 16.5. The number of carbonyl (C=O) groups excluding carboxylic acids is 2. The van der Waals surface area contributed by atoms with E-state index in [2.05, 4.69) is 10.6 Å². The fourth-order valence-corrected chi connectivity index (χ4v) is 2.09. The van der Waals surface area contributed by atoms with Crippen molar-refractivity contribution in [3.8, 4) is 5.75 Å². The predicted molar refractivity (Wildman–Crippen MR) is 89.5 cm³/mol. The van der Waals surface area contributed by atoms with E-state index in [0.717, 1.165) is 5.56 Å². The van der Waals surface area contributed by atoms with Crippen molar-refractivity contribution in [2.24, 2.45) is 0 Å². The van der Waals surface area contributed by atoms with Gasteiger partial charge in [0, 0.05) is 12.2 Å². The Labute approximate surface area is 135 Å². The van der Waals surface area contributed by atoms with Crippen molar-refractivity contribution in [1.29, 1.82) is 0 Å². The summed E-state index contributed by atoms with van der Waals surface area (Å²) in [7, 11) is 1.56. The van der Waals surface area contributed by atoms with Gasteiger partial charge in [-0.3, -0.25) is 9.59 Å². The monoisotopic (exact) mass is 312 g/mol. The van der Waals surface area contributed by atoms with Crippen molar-refractivity contribution in [3.05, 3.63) is 60.2 Å². The lowest BCUT2D eigenvalue weighted by Gasteiger charge is -2.13. The lowest BCUT2D eigenvalue weighted by molar-refractivity contribution is -0.136. The topological polar surface area (TPSA) is 67.4 Å². The molecule has 0 radical (unpaired) electrons. The second-order valence-corrected chi connectivity index (χ2v) is 5.20. The Morgan fingerprint density at radius 1 is 1.00 bits per heavy atom. The van der Waals surface area contributed by atoms with Gasteiger partial charge in [0.25, 0.3) is 0 Å². The Kier molecular flexibility index (Phi) is 5.74. The van der Waals surface area contributed by atoms with Gasteiger partial charge < -0.3 is 15.4 Å². The maximum Gasteiger partial charge on any atom is 0.313 e. The maximum atomic E-state index is 11.9. The molecule has 1 atom stereocenters. The predicted octanol–water partition coefficient (Wildman–Crippen LogP) is 2.55. The van der Waals surface area contributed by atoms with Crippen LogP contribution in [0.2, 0.25) is 0 Å². The fourth-order valence-electron chi connectivity index (χ4n) is 2.09. The molecule has 0 saturated carbocycles. The Hall–Kier alpha value is -2.82. The second kappa shape index (κ2) is 7.98. The Morgan fingerprint density at radius 3 is 2.26 bits per heavy atom. The van der Waals surface area contributed by atoms with E-state index >= 15 is 0 Å². The van der Waals surface area contributed by atoms with Crippen LogP contribution < -0.4 is 15.4 Å². The number of ether oxygens (including phenoxy) is 1. The van der Waals surface area contributed by atoms with Crippen LogP contribution in [0.25, 0.3) is 0 Å². The van der Waals surface area contributed by atoms with Gasteiger partial charge in [0.1, 0.15) is 5.75 Å². The van der Waals surface area contributed by atoms with Gasteiger partial charge in [0.2, 0.25) is 0 Å². The SMILES string of the molecule is COc1ccc(NC(=O)C(=O)NC[C@H](C)c2ccccc2)cc1. The first-order valence-corrected chi connectivity index (χ1v) is 7.38. The molecule has 2 rings (SSSR count). The number of nitrogens with one attached hydrogen (secondary N) is 2. The zero-order valence-electron chi connectivity index (χ0n) is 13.2. The zero-order valence-corrected chi connectivity index (χ0v) is 13.2. The molecule has 2 N–H and O–H groups in total. The molecule has 5 nitrogen and oxygen atoms in total. The molecule has 0 bridgehead atoms. The van der Waals surface area contributed by atoms with Crippen molar-refractivity contribution < 1.29 is 14.3 Å². The summed E-state index contributed by atoms with van der Waals surface area (Å²) < 4.78 is 5.04. The maximum absolute atomic E-state index is 11.9. The number of rotatable bonds is 5. The van der Waals surface area contributed by atoms with Crippen molar-refractivity contribution in [2.75, 3.05) is 19.0 Å².